The molecule has 0 atom stereocenters. The van der Waals surface area contributed by atoms with E-state index in [0.29, 0.717) is 0 Å². The summed E-state index contributed by atoms with van der Waals surface area (Å²) in [7, 11) is 0. The number of carbonyl (C=O) groups excluding carboxylic acids is 1. The van der Waals surface area contributed by atoms with E-state index in [4.69, 9.17) is 4.79 Å². The molecule has 1 aliphatic rings. The number of hydrogen-bond donors (Lipinski definition) is 0. The zero-order valence-corrected chi connectivity index (χ0v) is 4.13. The highest BCUT2D eigenvalue weighted by Gasteiger charge is 1.72. The van der Waals surface area contributed by atoms with Crippen molar-refractivity contribution in [3.05, 3.63) is 24.3 Å². The second-order valence-corrected chi connectivity index (χ2v) is 1.09. The first-order valence-electron chi connectivity index (χ1n) is 2.11. The molecule has 0 saturated carbocycles. The van der Waals surface area contributed by atoms with Crippen molar-refractivity contribution in [1.82, 2.24) is 0 Å². The van der Waals surface area contributed by atoms with Gasteiger partial charge in [0.2, 0.25) is 0 Å². The predicted octanol–water partition coefficient (Wildman–Crippen LogP) is 1.32. The molecule has 1 nitrogen and oxygen atoms in total. The van der Waals surface area contributed by atoms with Gasteiger partial charge in [-0.25, -0.2) is 0 Å². The fraction of sp³-hybridized carbons (Fsp3) is 0.167. The molecule has 0 aromatic heterocycles. The lowest BCUT2D eigenvalue weighted by Crippen LogP contribution is -1.37. The van der Waals surface area contributed by atoms with Gasteiger partial charge < -0.3 is 4.79 Å². The third-order valence-corrected chi connectivity index (χ3v) is 0.655. The highest BCUT2D eigenvalue weighted by atomic mass is 16.1. The van der Waals surface area contributed by atoms with Crippen molar-refractivity contribution in [2.45, 2.75) is 6.42 Å². The maximum absolute atomic E-state index is 8.00. The van der Waals surface area contributed by atoms with Crippen LogP contribution in [-0.4, -0.2) is 6.79 Å². The van der Waals surface area contributed by atoms with Gasteiger partial charge in [0, 0.05) is 0 Å². The molecule has 0 amide bonds. The van der Waals surface area contributed by atoms with Gasteiger partial charge in [-0.1, -0.05) is 24.3 Å². The molecule has 0 fully saturated rings. The van der Waals surface area contributed by atoms with Crippen LogP contribution in [0.1, 0.15) is 6.42 Å². The van der Waals surface area contributed by atoms with Crippen LogP contribution in [0.25, 0.3) is 0 Å². The first kappa shape index (κ1) is 6.15. The summed E-state index contributed by atoms with van der Waals surface area (Å²) in [4.78, 5) is 8.00. The number of carbonyl (C=O) groups is 1. The Kier molecular flexibility index (Phi) is 4.52. The lowest BCUT2D eigenvalue weighted by molar-refractivity contribution is -0.0979. The Bertz CT molecular complexity index is 72.2. The molecule has 0 radical (unpaired) electrons. The maximum Gasteiger partial charge on any atom is 0.106 e. The van der Waals surface area contributed by atoms with E-state index in [1.807, 2.05) is 6.79 Å². The largest absolute Gasteiger partial charge is 0.307 e. The zero-order chi connectivity index (χ0) is 5.54. The molecule has 0 unspecified atom stereocenters. The van der Waals surface area contributed by atoms with Crippen LogP contribution in [0.4, 0.5) is 0 Å². The van der Waals surface area contributed by atoms with Crippen molar-refractivity contribution in [3.63, 3.8) is 0 Å². The third kappa shape index (κ3) is 2.97. The molecule has 1 aliphatic carbocycles. The molecule has 0 aliphatic heterocycles. The minimum atomic E-state index is 1.14. The van der Waals surface area contributed by atoms with E-state index >= 15 is 0 Å². The normalized spacial score (nSPS) is 13.1. The second kappa shape index (κ2) is 5.15. The van der Waals surface area contributed by atoms with Gasteiger partial charge in [0.1, 0.15) is 6.79 Å². The van der Waals surface area contributed by atoms with Crippen molar-refractivity contribution in [2.24, 2.45) is 0 Å². The van der Waals surface area contributed by atoms with Crippen molar-refractivity contribution in [1.29, 1.82) is 0 Å². The van der Waals surface area contributed by atoms with E-state index in [0.717, 1.165) is 6.42 Å². The van der Waals surface area contributed by atoms with Crippen LogP contribution in [0.5, 0.6) is 0 Å². The molecular formula is C6H8O. The van der Waals surface area contributed by atoms with Crippen molar-refractivity contribution in [2.75, 3.05) is 0 Å². The van der Waals surface area contributed by atoms with Gasteiger partial charge in [-0.05, 0) is 6.42 Å². The fourth-order valence-corrected chi connectivity index (χ4v) is 0.393. The average molecular weight is 96.1 g/mol. The van der Waals surface area contributed by atoms with Crippen LogP contribution >= 0.6 is 0 Å². The minimum Gasteiger partial charge on any atom is -0.307 e. The van der Waals surface area contributed by atoms with Crippen LogP contribution in [-0.2, 0) is 4.79 Å². The molecule has 0 aromatic rings. The average Bonchev–Trinajstić information content (AvgIpc) is 2.23. The molecule has 0 heterocycles. The Labute approximate surface area is 43.3 Å². The summed E-state index contributed by atoms with van der Waals surface area (Å²) in [5.41, 5.74) is 0. The molecule has 0 spiro atoms. The number of rotatable bonds is 0. The molecule has 0 N–H and O–H groups in total. The monoisotopic (exact) mass is 96.1 g/mol. The summed E-state index contributed by atoms with van der Waals surface area (Å²) in [5, 5.41) is 0. The lowest BCUT2D eigenvalue weighted by Gasteiger charge is -1.57. The van der Waals surface area contributed by atoms with Crippen molar-refractivity contribution < 1.29 is 4.79 Å². The molecule has 0 bridgehead atoms. The van der Waals surface area contributed by atoms with Gasteiger partial charge in [-0.2, -0.15) is 0 Å². The van der Waals surface area contributed by atoms with E-state index in [-0.39, 0.29) is 0 Å². The number of hydrogen-bond acceptors (Lipinski definition) is 1. The molecule has 0 aromatic carbocycles. The Morgan fingerprint density at radius 1 is 1.14 bits per heavy atom. The van der Waals surface area contributed by atoms with Crippen molar-refractivity contribution in [3.8, 4) is 0 Å². The summed E-state index contributed by atoms with van der Waals surface area (Å²) in [6.45, 7) is 2.00. The molecule has 1 heteroatoms. The molecule has 1 rings (SSSR count). The van der Waals surface area contributed by atoms with Gasteiger partial charge in [0.05, 0.1) is 0 Å². The summed E-state index contributed by atoms with van der Waals surface area (Å²) in [5.74, 6) is 0. The highest BCUT2D eigenvalue weighted by Crippen LogP contribution is 1.93. The SMILES string of the molecule is C1=CCC=C1.C=O. The summed E-state index contributed by atoms with van der Waals surface area (Å²) in [6, 6.07) is 0. The number of allylic oxidation sites excluding steroid dienone is 4. The van der Waals surface area contributed by atoms with Crippen molar-refractivity contribution >= 4 is 6.79 Å². The first-order chi connectivity index (χ1) is 3.50. The fourth-order valence-electron chi connectivity index (χ4n) is 0.393. The Morgan fingerprint density at radius 3 is 1.71 bits per heavy atom. The third-order valence-electron chi connectivity index (χ3n) is 0.655. The van der Waals surface area contributed by atoms with Gasteiger partial charge in [0.25, 0.3) is 0 Å². The Balaban J connectivity index is 0.000000162. The predicted molar refractivity (Wildman–Crippen MR) is 30.0 cm³/mol. The Morgan fingerprint density at radius 2 is 1.57 bits per heavy atom. The summed E-state index contributed by atoms with van der Waals surface area (Å²) >= 11 is 0. The highest BCUT2D eigenvalue weighted by molar-refractivity contribution is 5.12. The second-order valence-electron chi connectivity index (χ2n) is 1.09. The van der Waals surface area contributed by atoms with E-state index in [1.165, 1.54) is 0 Å². The van der Waals surface area contributed by atoms with Gasteiger partial charge >= 0.3 is 0 Å². The minimum absolute atomic E-state index is 1.14. The van der Waals surface area contributed by atoms with Gasteiger partial charge in [0.15, 0.2) is 0 Å². The summed E-state index contributed by atoms with van der Waals surface area (Å²) in [6.07, 6.45) is 9.50. The van der Waals surface area contributed by atoms with Crippen LogP contribution in [0, 0.1) is 0 Å². The Hall–Kier alpha value is -0.850. The van der Waals surface area contributed by atoms with E-state index < -0.39 is 0 Å². The molecular weight excluding hydrogens is 88.1 g/mol. The van der Waals surface area contributed by atoms with Crippen LogP contribution in [0.2, 0.25) is 0 Å². The lowest BCUT2D eigenvalue weighted by atomic mass is 10.5. The molecule has 7 heavy (non-hydrogen) atoms. The van der Waals surface area contributed by atoms with Crippen LogP contribution in [0.3, 0.4) is 0 Å². The summed E-state index contributed by atoms with van der Waals surface area (Å²) < 4.78 is 0. The standard InChI is InChI=1S/C5H6.CH2O/c1-2-4-5-3-1;1-2/h1-4H,5H2;1H2. The molecule has 38 valence electrons. The first-order valence-corrected chi connectivity index (χ1v) is 2.11. The van der Waals surface area contributed by atoms with Gasteiger partial charge in [-0.3, -0.25) is 0 Å². The smallest absolute Gasteiger partial charge is 0.106 e. The molecule has 0 saturated heterocycles. The van der Waals surface area contributed by atoms with E-state index in [9.17, 15) is 0 Å². The van der Waals surface area contributed by atoms with Gasteiger partial charge in [-0.15, -0.1) is 0 Å². The quantitative estimate of drug-likeness (QED) is 0.444. The topological polar surface area (TPSA) is 17.1 Å². The zero-order valence-electron chi connectivity index (χ0n) is 4.13. The van der Waals surface area contributed by atoms with Crippen LogP contribution < -0.4 is 0 Å². The maximum atomic E-state index is 8.00. The van der Waals surface area contributed by atoms with E-state index in [2.05, 4.69) is 24.3 Å². The van der Waals surface area contributed by atoms with E-state index in [1.54, 1.807) is 0 Å². The van der Waals surface area contributed by atoms with Crippen LogP contribution in [0.15, 0.2) is 24.3 Å².